The highest BCUT2D eigenvalue weighted by atomic mass is 16.6. The first-order valence-electron chi connectivity index (χ1n) is 40.7. The molecule has 7 fully saturated rings. The third-order valence-electron chi connectivity index (χ3n) is 18.7. The first kappa shape index (κ1) is 94.1. The molecular formula is C83H163N5O15. The Morgan fingerprint density at radius 3 is 1.18 bits per heavy atom. The largest absolute Gasteiger partial charge is 0.380 e. The van der Waals surface area contributed by atoms with E-state index in [4.69, 9.17) is 66.3 Å². The van der Waals surface area contributed by atoms with Crippen molar-refractivity contribution >= 4 is 5.91 Å². The van der Waals surface area contributed by atoms with Crippen LogP contribution in [0.15, 0.2) is 0 Å². The highest BCUT2D eigenvalue weighted by Crippen LogP contribution is 2.35. The smallest absolute Gasteiger partial charge is 0.222 e. The molecule has 7 aliphatic rings. The van der Waals surface area contributed by atoms with Crippen molar-refractivity contribution in [2.45, 2.75) is 400 Å². The maximum Gasteiger partial charge on any atom is 0.222 e. The maximum absolute atomic E-state index is 12.2. The van der Waals surface area contributed by atoms with E-state index in [0.29, 0.717) is 105 Å². The van der Waals surface area contributed by atoms with Crippen LogP contribution in [0.5, 0.6) is 0 Å². The number of rotatable bonds is 41. The second-order valence-electron chi connectivity index (χ2n) is 38.7. The number of likely N-dealkylation sites (N-methyl/N-ethyl adjacent to an activating group) is 1. The van der Waals surface area contributed by atoms with Crippen molar-refractivity contribution in [2.24, 2.45) is 0 Å². The van der Waals surface area contributed by atoms with E-state index in [2.05, 4.69) is 200 Å². The van der Waals surface area contributed by atoms with Crippen molar-refractivity contribution < 1.29 is 71.1 Å². The number of nitrogens with zero attached hydrogens (tertiary/aromatic N) is 4. The van der Waals surface area contributed by atoms with E-state index in [1.807, 2.05) is 7.05 Å². The summed E-state index contributed by atoms with van der Waals surface area (Å²) in [5, 5.41) is 3.54. The molecule has 20 heteroatoms. The number of nitrogens with one attached hydrogen (secondary N) is 1. The van der Waals surface area contributed by atoms with E-state index in [1.165, 1.54) is 0 Å². The number of hydrogen-bond donors (Lipinski definition) is 1. The number of carbonyl (C=O) groups is 1. The maximum atomic E-state index is 12.2. The SMILES string of the molecule is CC(C)(C)OC1CC(NCCOCCCOC2CC(OC(C)(C)C)C2)C1.CC(C)(C)OCCCOCCN1CC(OC(C)(C)C)C1.CC(C)N(CCOCCCOC1CC(OC(C)(C)C)C1)C1CC(OC(C)(C)C)C1.CN(CCOC1CN(C(C)(C)C)C1)C(=O)CCCOC1CC(OC(C)(C)C)C1. The van der Waals surface area contributed by atoms with Crippen LogP contribution in [-0.2, 0) is 71.1 Å². The van der Waals surface area contributed by atoms with Crippen LogP contribution in [0.25, 0.3) is 0 Å². The Balaban J connectivity index is 0.000000293. The average molecular weight is 1470 g/mol. The van der Waals surface area contributed by atoms with Crippen molar-refractivity contribution in [1.29, 1.82) is 0 Å². The summed E-state index contributed by atoms with van der Waals surface area (Å²) in [4.78, 5) is 21.3. The number of carbonyl (C=O) groups excluding carboxylic acids is 1. The summed E-state index contributed by atoms with van der Waals surface area (Å²) in [6.07, 6.45) is 18.5. The van der Waals surface area contributed by atoms with E-state index >= 15 is 0 Å². The predicted molar refractivity (Wildman–Crippen MR) is 417 cm³/mol. The van der Waals surface area contributed by atoms with Crippen LogP contribution < -0.4 is 5.32 Å². The molecule has 20 nitrogen and oxygen atoms in total. The number of ether oxygens (including phenoxy) is 14. The minimum absolute atomic E-state index is 0.0270. The van der Waals surface area contributed by atoms with Crippen LogP contribution in [0.3, 0.4) is 0 Å². The molecule has 0 aromatic carbocycles. The second kappa shape index (κ2) is 44.7. The number of hydrogen-bond acceptors (Lipinski definition) is 19. The van der Waals surface area contributed by atoms with Gasteiger partial charge in [-0.1, -0.05) is 0 Å². The average Bonchev–Trinajstić information content (AvgIpc) is 0.832. The van der Waals surface area contributed by atoms with E-state index in [0.717, 1.165) is 195 Å². The van der Waals surface area contributed by atoms with Gasteiger partial charge in [0.1, 0.15) is 0 Å². The molecule has 2 aliphatic heterocycles. The van der Waals surface area contributed by atoms with Crippen LogP contribution in [-0.4, -0.2) is 281 Å². The zero-order valence-corrected chi connectivity index (χ0v) is 71.5. The Hall–Kier alpha value is -1.25. The lowest BCUT2D eigenvalue weighted by Crippen LogP contribution is -2.59. The van der Waals surface area contributed by atoms with Gasteiger partial charge in [-0.2, -0.15) is 0 Å². The minimum atomic E-state index is -0.0824. The van der Waals surface area contributed by atoms with Gasteiger partial charge in [0.05, 0.1) is 127 Å². The van der Waals surface area contributed by atoms with Gasteiger partial charge >= 0.3 is 0 Å². The topological polar surface area (TPSA) is 171 Å². The Bertz CT molecular complexity index is 2170. The van der Waals surface area contributed by atoms with Gasteiger partial charge in [0.25, 0.3) is 0 Å². The van der Waals surface area contributed by atoms with Gasteiger partial charge in [0, 0.05) is 136 Å². The molecule has 103 heavy (non-hydrogen) atoms. The quantitative estimate of drug-likeness (QED) is 0.0573. The van der Waals surface area contributed by atoms with Crippen LogP contribution in [0.1, 0.15) is 276 Å². The van der Waals surface area contributed by atoms with Crippen LogP contribution in [0.2, 0.25) is 0 Å². The molecule has 5 saturated carbocycles. The third-order valence-corrected chi connectivity index (χ3v) is 18.7. The summed E-state index contributed by atoms with van der Waals surface area (Å²) in [5.41, 5.74) is -0.0924. The Morgan fingerprint density at radius 1 is 0.388 bits per heavy atom. The molecule has 2 saturated heterocycles. The molecule has 5 aliphatic carbocycles. The van der Waals surface area contributed by atoms with Crippen molar-refractivity contribution in [1.82, 2.24) is 24.9 Å². The number of likely N-dealkylation sites (tertiary alicyclic amines) is 2. The first-order chi connectivity index (χ1) is 47.6. The molecular weight excluding hydrogens is 1310 g/mol. The van der Waals surface area contributed by atoms with Crippen molar-refractivity contribution in [3.8, 4) is 0 Å². The molecule has 2 heterocycles. The highest BCUT2D eigenvalue weighted by Gasteiger charge is 2.40. The molecule has 0 atom stereocenters. The monoisotopic (exact) mass is 1470 g/mol. The zero-order valence-electron chi connectivity index (χ0n) is 71.5. The summed E-state index contributed by atoms with van der Waals surface area (Å²) >= 11 is 0. The van der Waals surface area contributed by atoms with Crippen molar-refractivity contribution in [3.63, 3.8) is 0 Å². The molecule has 0 bridgehead atoms. The fraction of sp³-hybridized carbons (Fsp3) is 0.988. The van der Waals surface area contributed by atoms with Gasteiger partial charge in [-0.3, -0.25) is 19.5 Å². The van der Waals surface area contributed by atoms with E-state index < -0.39 is 0 Å². The summed E-state index contributed by atoms with van der Waals surface area (Å²) in [5.74, 6) is 0.166. The van der Waals surface area contributed by atoms with Gasteiger partial charge in [0.15, 0.2) is 0 Å². The number of amides is 1. The van der Waals surface area contributed by atoms with Crippen LogP contribution in [0.4, 0.5) is 0 Å². The molecule has 0 aromatic rings. The molecule has 610 valence electrons. The predicted octanol–water partition coefficient (Wildman–Crippen LogP) is 14.3. The summed E-state index contributed by atoms with van der Waals surface area (Å²) < 4.78 is 82.0. The third kappa shape index (κ3) is 45.0. The zero-order chi connectivity index (χ0) is 77.0. The summed E-state index contributed by atoms with van der Waals surface area (Å²) in [6.45, 7) is 71.4. The van der Waals surface area contributed by atoms with E-state index in [1.54, 1.807) is 4.90 Å². The Kier molecular flexibility index (Phi) is 40.9. The van der Waals surface area contributed by atoms with Gasteiger partial charge in [-0.25, -0.2) is 0 Å². The molecule has 0 radical (unpaired) electrons. The van der Waals surface area contributed by atoms with Gasteiger partial charge in [-0.15, -0.1) is 0 Å². The van der Waals surface area contributed by atoms with Crippen molar-refractivity contribution in [2.75, 3.05) is 132 Å². The minimum Gasteiger partial charge on any atom is -0.380 e. The van der Waals surface area contributed by atoms with Crippen LogP contribution in [0, 0.1) is 0 Å². The fourth-order valence-corrected chi connectivity index (χ4v) is 13.2. The normalized spacial score (nSPS) is 25.3. The molecule has 1 amide bonds. The summed E-state index contributed by atoms with van der Waals surface area (Å²) in [6, 6.07) is 1.77. The first-order valence-corrected chi connectivity index (χ1v) is 40.7. The lowest BCUT2D eigenvalue weighted by molar-refractivity contribution is -0.150. The second-order valence-corrected chi connectivity index (χ2v) is 38.7. The van der Waals surface area contributed by atoms with Gasteiger partial charge in [0.2, 0.25) is 5.91 Å². The van der Waals surface area contributed by atoms with Gasteiger partial charge in [-0.05, 0) is 270 Å². The lowest BCUT2D eigenvalue weighted by atomic mass is 9.86. The van der Waals surface area contributed by atoms with Gasteiger partial charge < -0.3 is 76.5 Å². The Morgan fingerprint density at radius 2 is 0.767 bits per heavy atom. The fourth-order valence-electron chi connectivity index (χ4n) is 13.2. The van der Waals surface area contributed by atoms with E-state index in [9.17, 15) is 4.79 Å². The molecule has 0 aromatic heterocycles. The van der Waals surface area contributed by atoms with E-state index in [-0.39, 0.29) is 50.7 Å². The standard InChI is InChI=1S/C24H47NO4.C22H42N2O4.C21H41NO4.C16H33NO3/c1-18(2)25(19-14-21(15-19)28-23(3,4)5)10-13-26-11-9-12-27-20-16-22(17-20)29-24(6,7)8;1-21(2,3)24-15-19(16-24)27-12-10-23(7)20(25)9-8-11-26-17-13-18(14-17)28-22(4,5)6;1-20(2,3)25-18-12-16(13-18)22-8-11-23-9-7-10-24-17-14-19(15-17)26-21(4,5)6;1-15(2,3)19-10-7-9-18-11-8-17-12-14(13-17)20-16(4,5)6/h18-22H,9-17H2,1-8H3;17-19H,8-16H2,1-7H3;16-19,22H,7-15H2,1-6H3;14H,7-13H2,1-6H3. The molecule has 7 rings (SSSR count). The highest BCUT2D eigenvalue weighted by molar-refractivity contribution is 5.75. The van der Waals surface area contributed by atoms with Crippen LogP contribution >= 0.6 is 0 Å². The Labute approximate surface area is 631 Å². The molecule has 1 N–H and O–H groups in total. The van der Waals surface area contributed by atoms with Crippen molar-refractivity contribution in [3.05, 3.63) is 0 Å². The lowest BCUT2D eigenvalue weighted by Gasteiger charge is -2.47. The molecule has 0 unspecified atom stereocenters. The summed E-state index contributed by atoms with van der Waals surface area (Å²) in [7, 11) is 1.86. The molecule has 0 spiro atoms.